The summed E-state index contributed by atoms with van der Waals surface area (Å²) < 4.78 is 10.9. The highest BCUT2D eigenvalue weighted by molar-refractivity contribution is 6.34. The molecule has 1 unspecified atom stereocenters. The number of imide groups is 1. The molecule has 2 N–H and O–H groups in total. The highest BCUT2D eigenvalue weighted by atomic mass is 35.5. The van der Waals surface area contributed by atoms with Crippen LogP contribution in [-0.2, 0) is 15.1 Å². The Hall–Kier alpha value is -2.97. The van der Waals surface area contributed by atoms with E-state index in [-0.39, 0.29) is 5.02 Å². The highest BCUT2D eigenvalue weighted by Crippen LogP contribution is 2.38. The molecule has 0 spiro atoms. The molecule has 2 aromatic carbocycles. The second-order valence-electron chi connectivity index (χ2n) is 6.98. The molecule has 4 rings (SSSR count). The van der Waals surface area contributed by atoms with Crippen molar-refractivity contribution < 1.29 is 23.9 Å². The van der Waals surface area contributed by atoms with Crippen LogP contribution < -0.4 is 20.1 Å². The minimum atomic E-state index is -1.30. The van der Waals surface area contributed by atoms with Crippen molar-refractivity contribution in [3.05, 3.63) is 52.0 Å². The Kier molecular flexibility index (Phi) is 5.21. The highest BCUT2D eigenvalue weighted by Gasteiger charge is 2.49. The fraction of sp³-hybridized carbons (Fsp3) is 0.250. The van der Waals surface area contributed by atoms with Crippen molar-refractivity contribution in [2.45, 2.75) is 12.5 Å². The lowest BCUT2D eigenvalue weighted by atomic mass is 9.92. The molecule has 0 radical (unpaired) electrons. The molecule has 2 heterocycles. The average molecular weight is 450 g/mol. The van der Waals surface area contributed by atoms with Crippen molar-refractivity contribution in [2.24, 2.45) is 0 Å². The minimum absolute atomic E-state index is 0.246. The van der Waals surface area contributed by atoms with Crippen LogP contribution in [0.15, 0.2) is 36.4 Å². The molecule has 1 saturated heterocycles. The molecule has 0 aliphatic carbocycles. The van der Waals surface area contributed by atoms with E-state index in [1.165, 1.54) is 6.07 Å². The number of halogens is 2. The van der Waals surface area contributed by atoms with Crippen molar-refractivity contribution in [1.29, 1.82) is 0 Å². The molecule has 2 aliphatic heterocycles. The summed E-state index contributed by atoms with van der Waals surface area (Å²) in [4.78, 5) is 38.7. The summed E-state index contributed by atoms with van der Waals surface area (Å²) in [5.74, 6) is -0.195. The third-order valence-electron chi connectivity index (χ3n) is 4.90. The largest absolute Gasteiger partial charge is 0.486 e. The Morgan fingerprint density at radius 2 is 1.77 bits per heavy atom. The minimum Gasteiger partial charge on any atom is -0.486 e. The number of anilines is 1. The summed E-state index contributed by atoms with van der Waals surface area (Å²) in [7, 11) is 0. The van der Waals surface area contributed by atoms with Crippen molar-refractivity contribution in [2.75, 3.05) is 25.1 Å². The van der Waals surface area contributed by atoms with E-state index in [1.807, 2.05) is 0 Å². The summed E-state index contributed by atoms with van der Waals surface area (Å²) in [6, 6.07) is 8.97. The quantitative estimate of drug-likeness (QED) is 0.698. The van der Waals surface area contributed by atoms with Gasteiger partial charge in [0.1, 0.15) is 25.3 Å². The molecule has 156 valence electrons. The molecule has 0 aromatic heterocycles. The Balaban J connectivity index is 1.49. The number of hydrogen-bond donors (Lipinski definition) is 2. The maximum atomic E-state index is 12.9. The lowest BCUT2D eigenvalue weighted by molar-refractivity contribution is -0.133. The fourth-order valence-electron chi connectivity index (χ4n) is 3.31. The number of rotatable bonds is 4. The van der Waals surface area contributed by atoms with Gasteiger partial charge in [0.25, 0.3) is 5.91 Å². The van der Waals surface area contributed by atoms with Gasteiger partial charge in [-0.25, -0.2) is 4.79 Å². The van der Waals surface area contributed by atoms with Gasteiger partial charge in [-0.3, -0.25) is 14.5 Å². The first-order valence-electron chi connectivity index (χ1n) is 9.07. The monoisotopic (exact) mass is 449 g/mol. The number of nitrogens with one attached hydrogen (secondary N) is 2. The second kappa shape index (κ2) is 7.70. The fourth-order valence-corrected chi connectivity index (χ4v) is 3.64. The van der Waals surface area contributed by atoms with Crippen LogP contribution in [0.3, 0.4) is 0 Å². The van der Waals surface area contributed by atoms with Crippen LogP contribution >= 0.6 is 23.2 Å². The molecule has 0 bridgehead atoms. The van der Waals surface area contributed by atoms with Gasteiger partial charge < -0.3 is 20.1 Å². The average Bonchev–Trinajstić information content (AvgIpc) is 2.93. The van der Waals surface area contributed by atoms with E-state index in [0.717, 1.165) is 4.90 Å². The van der Waals surface area contributed by atoms with E-state index in [1.54, 1.807) is 37.3 Å². The second-order valence-corrected chi connectivity index (χ2v) is 7.82. The molecular weight excluding hydrogens is 433 g/mol. The molecule has 4 amide bonds. The number of hydrogen-bond acceptors (Lipinski definition) is 5. The van der Waals surface area contributed by atoms with Gasteiger partial charge in [-0.05, 0) is 24.6 Å². The van der Waals surface area contributed by atoms with Gasteiger partial charge in [-0.15, -0.1) is 0 Å². The zero-order valence-electron chi connectivity index (χ0n) is 15.8. The molecule has 30 heavy (non-hydrogen) atoms. The number of nitrogens with zero attached hydrogens (tertiary/aromatic N) is 1. The Labute approximate surface area is 182 Å². The Bertz CT molecular complexity index is 1040. The molecule has 2 aliphatic rings. The number of ether oxygens (including phenoxy) is 2. The number of amides is 4. The van der Waals surface area contributed by atoms with Gasteiger partial charge >= 0.3 is 6.03 Å². The number of carbonyl (C=O) groups is 3. The van der Waals surface area contributed by atoms with E-state index >= 15 is 0 Å². The van der Waals surface area contributed by atoms with E-state index in [4.69, 9.17) is 32.7 Å². The van der Waals surface area contributed by atoms with Gasteiger partial charge in [0, 0.05) is 17.2 Å². The van der Waals surface area contributed by atoms with Crippen LogP contribution in [0, 0.1) is 0 Å². The molecule has 10 heteroatoms. The predicted octanol–water partition coefficient (Wildman–Crippen LogP) is 3.17. The van der Waals surface area contributed by atoms with Crippen LogP contribution in [-0.4, -0.2) is 42.5 Å². The van der Waals surface area contributed by atoms with Gasteiger partial charge in [-0.2, -0.15) is 0 Å². The first-order valence-corrected chi connectivity index (χ1v) is 9.82. The summed E-state index contributed by atoms with van der Waals surface area (Å²) >= 11 is 12.1. The Morgan fingerprint density at radius 3 is 2.43 bits per heavy atom. The lowest BCUT2D eigenvalue weighted by Gasteiger charge is -2.22. The van der Waals surface area contributed by atoms with Crippen LogP contribution in [0.5, 0.6) is 11.5 Å². The summed E-state index contributed by atoms with van der Waals surface area (Å²) in [5.41, 5.74) is -0.446. The van der Waals surface area contributed by atoms with Gasteiger partial charge in [0.15, 0.2) is 11.5 Å². The number of benzene rings is 2. The van der Waals surface area contributed by atoms with Crippen molar-refractivity contribution in [1.82, 2.24) is 10.2 Å². The maximum absolute atomic E-state index is 12.9. The molecule has 1 fully saturated rings. The predicted molar refractivity (Wildman–Crippen MR) is 110 cm³/mol. The zero-order valence-corrected chi connectivity index (χ0v) is 17.3. The topological polar surface area (TPSA) is 97.0 Å². The van der Waals surface area contributed by atoms with Gasteiger partial charge in [-0.1, -0.05) is 35.3 Å². The number of urea groups is 1. The van der Waals surface area contributed by atoms with Gasteiger partial charge in [0.2, 0.25) is 5.91 Å². The maximum Gasteiger partial charge on any atom is 0.325 e. The Morgan fingerprint density at radius 1 is 1.13 bits per heavy atom. The van der Waals surface area contributed by atoms with Crippen molar-refractivity contribution in [3.8, 4) is 11.5 Å². The normalized spacial score (nSPS) is 20.2. The summed E-state index contributed by atoms with van der Waals surface area (Å²) in [6.07, 6.45) is 0. The number of carbonyl (C=O) groups excluding carboxylic acids is 3. The van der Waals surface area contributed by atoms with Crippen LogP contribution in [0.2, 0.25) is 10.0 Å². The van der Waals surface area contributed by atoms with Crippen molar-refractivity contribution >= 4 is 46.7 Å². The third-order valence-corrected chi connectivity index (χ3v) is 5.47. The van der Waals surface area contributed by atoms with E-state index in [2.05, 4.69) is 10.6 Å². The van der Waals surface area contributed by atoms with Crippen LogP contribution in [0.1, 0.15) is 12.5 Å². The van der Waals surface area contributed by atoms with Crippen LogP contribution in [0.4, 0.5) is 10.5 Å². The molecular formula is C20H17Cl2N3O5. The summed E-state index contributed by atoms with van der Waals surface area (Å²) in [5, 5.41) is 6.00. The van der Waals surface area contributed by atoms with E-state index in [0.29, 0.717) is 41.0 Å². The molecule has 8 nitrogen and oxygen atoms in total. The lowest BCUT2D eigenvalue weighted by Crippen LogP contribution is -2.42. The summed E-state index contributed by atoms with van der Waals surface area (Å²) in [6.45, 7) is 1.89. The van der Waals surface area contributed by atoms with Crippen molar-refractivity contribution in [3.63, 3.8) is 0 Å². The number of fused-ring (bicyclic) bond motifs is 1. The first kappa shape index (κ1) is 20.3. The smallest absolute Gasteiger partial charge is 0.325 e. The zero-order chi connectivity index (χ0) is 21.5. The molecule has 0 saturated carbocycles. The third kappa shape index (κ3) is 3.64. The molecule has 2 aromatic rings. The molecule has 1 atom stereocenters. The van der Waals surface area contributed by atoms with Gasteiger partial charge in [0.05, 0.1) is 10.7 Å². The first-order chi connectivity index (χ1) is 14.3. The van der Waals surface area contributed by atoms with E-state index < -0.39 is 29.9 Å². The standard InChI is InChI=1S/C20H17Cl2N3O5/c1-20(11-2-4-12(21)5-3-11)18(27)25(19(28)24-20)10-17(26)23-14-9-16-15(8-13(14)22)29-6-7-30-16/h2-5,8-9H,6-7,10H2,1H3,(H,23,26)(H,24,28). The van der Waals surface area contributed by atoms with E-state index in [9.17, 15) is 14.4 Å². The van der Waals surface area contributed by atoms with Crippen LogP contribution in [0.25, 0.3) is 0 Å². The SMILES string of the molecule is CC1(c2ccc(Cl)cc2)NC(=O)N(CC(=O)Nc2cc3c(cc2Cl)OCCO3)C1=O.